The second-order valence-electron chi connectivity index (χ2n) is 3.85. The number of aromatic nitrogens is 1. The smallest absolute Gasteiger partial charge is 0.284 e. The van der Waals surface area contributed by atoms with E-state index in [2.05, 4.69) is 42.2 Å². The SMILES string of the molecule is O=C(Nc1cnc(Cl)c(Br)c1)c1cccc([N+](=O)[O-])c1Br. The Morgan fingerprint density at radius 1 is 1.38 bits per heavy atom. The van der Waals surface area contributed by atoms with Crippen molar-refractivity contribution in [3.8, 4) is 0 Å². The summed E-state index contributed by atoms with van der Waals surface area (Å²) >= 11 is 12.0. The lowest BCUT2D eigenvalue weighted by Crippen LogP contribution is -2.13. The van der Waals surface area contributed by atoms with Crippen LogP contribution in [0.2, 0.25) is 5.15 Å². The van der Waals surface area contributed by atoms with Crippen LogP contribution in [0.1, 0.15) is 10.4 Å². The molecule has 0 aliphatic heterocycles. The van der Waals surface area contributed by atoms with Crippen molar-refractivity contribution in [1.82, 2.24) is 4.98 Å². The molecule has 6 nitrogen and oxygen atoms in total. The Bertz CT molecular complexity index is 740. The summed E-state index contributed by atoms with van der Waals surface area (Å²) in [6.07, 6.45) is 1.39. The third-order valence-electron chi connectivity index (χ3n) is 2.47. The minimum atomic E-state index is -0.568. The summed E-state index contributed by atoms with van der Waals surface area (Å²) in [6.45, 7) is 0. The predicted molar refractivity (Wildman–Crippen MR) is 85.7 cm³/mol. The van der Waals surface area contributed by atoms with Crippen LogP contribution in [-0.4, -0.2) is 15.8 Å². The molecule has 21 heavy (non-hydrogen) atoms. The molecule has 0 bridgehead atoms. The molecule has 1 N–H and O–H groups in total. The van der Waals surface area contributed by atoms with Gasteiger partial charge < -0.3 is 5.32 Å². The number of nitro benzene ring substituents is 1. The number of anilines is 1. The van der Waals surface area contributed by atoms with E-state index >= 15 is 0 Å². The Hall–Kier alpha value is -1.51. The van der Waals surface area contributed by atoms with E-state index < -0.39 is 10.8 Å². The quantitative estimate of drug-likeness (QED) is 0.439. The van der Waals surface area contributed by atoms with Gasteiger partial charge in [0.2, 0.25) is 0 Å². The third-order valence-corrected chi connectivity index (χ3v) is 4.44. The summed E-state index contributed by atoms with van der Waals surface area (Å²) in [5.41, 5.74) is 0.378. The first-order valence-electron chi connectivity index (χ1n) is 5.45. The van der Waals surface area contributed by atoms with Crippen molar-refractivity contribution in [3.05, 3.63) is 60.2 Å². The number of halogens is 3. The Labute approximate surface area is 140 Å². The van der Waals surface area contributed by atoms with Gasteiger partial charge >= 0.3 is 0 Å². The molecule has 9 heteroatoms. The number of rotatable bonds is 3. The molecule has 0 saturated heterocycles. The number of nitro groups is 1. The minimum absolute atomic E-state index is 0.119. The van der Waals surface area contributed by atoms with E-state index in [4.69, 9.17) is 11.6 Å². The lowest BCUT2D eigenvalue weighted by atomic mass is 10.2. The van der Waals surface area contributed by atoms with Crippen LogP contribution in [0.3, 0.4) is 0 Å². The van der Waals surface area contributed by atoms with Crippen molar-refractivity contribution in [2.75, 3.05) is 5.32 Å². The topological polar surface area (TPSA) is 85.1 Å². The molecule has 0 aliphatic carbocycles. The van der Waals surface area contributed by atoms with Gasteiger partial charge in [0, 0.05) is 6.07 Å². The number of hydrogen-bond donors (Lipinski definition) is 1. The molecule has 2 aromatic rings. The zero-order chi connectivity index (χ0) is 15.6. The van der Waals surface area contributed by atoms with Crippen LogP contribution in [0.15, 0.2) is 39.4 Å². The van der Waals surface area contributed by atoms with E-state index in [9.17, 15) is 14.9 Å². The average Bonchev–Trinajstić information content (AvgIpc) is 2.42. The number of hydrogen-bond acceptors (Lipinski definition) is 4. The maximum atomic E-state index is 12.2. The average molecular weight is 435 g/mol. The molecule has 0 atom stereocenters. The van der Waals surface area contributed by atoms with Crippen molar-refractivity contribution in [3.63, 3.8) is 0 Å². The van der Waals surface area contributed by atoms with Crippen LogP contribution in [0.4, 0.5) is 11.4 Å². The van der Waals surface area contributed by atoms with Gasteiger partial charge in [-0.15, -0.1) is 0 Å². The van der Waals surface area contributed by atoms with Crippen LogP contribution in [0, 0.1) is 10.1 Å². The van der Waals surface area contributed by atoms with Crippen molar-refractivity contribution in [2.24, 2.45) is 0 Å². The number of carbonyl (C=O) groups excluding carboxylic acids is 1. The second-order valence-corrected chi connectivity index (χ2v) is 5.85. The van der Waals surface area contributed by atoms with Crippen LogP contribution in [-0.2, 0) is 0 Å². The Morgan fingerprint density at radius 2 is 2.10 bits per heavy atom. The fourth-order valence-corrected chi connectivity index (χ4v) is 2.57. The molecule has 1 aromatic heterocycles. The van der Waals surface area contributed by atoms with Gasteiger partial charge in [0.15, 0.2) is 0 Å². The van der Waals surface area contributed by atoms with Gasteiger partial charge in [-0.2, -0.15) is 0 Å². The Balaban J connectivity index is 2.30. The van der Waals surface area contributed by atoms with Gasteiger partial charge in [-0.3, -0.25) is 14.9 Å². The number of nitrogens with one attached hydrogen (secondary N) is 1. The molecule has 2 rings (SSSR count). The Kier molecular flexibility index (Phi) is 4.92. The number of amides is 1. The fourth-order valence-electron chi connectivity index (χ4n) is 1.52. The normalized spacial score (nSPS) is 10.2. The summed E-state index contributed by atoms with van der Waals surface area (Å²) in [4.78, 5) is 26.3. The molecule has 1 aromatic carbocycles. The highest BCUT2D eigenvalue weighted by atomic mass is 79.9. The molecule has 0 radical (unpaired) electrons. The minimum Gasteiger partial charge on any atom is -0.321 e. The number of benzene rings is 1. The summed E-state index contributed by atoms with van der Waals surface area (Å²) in [5, 5.41) is 13.7. The lowest BCUT2D eigenvalue weighted by Gasteiger charge is -2.07. The molecule has 0 aliphatic rings. The standard InChI is InChI=1S/C12H6Br2ClN3O3/c13-8-4-6(5-16-11(8)15)17-12(19)7-2-1-3-9(10(7)14)18(20)21/h1-5H,(H,17,19). The first-order chi connectivity index (χ1) is 9.90. The molecule has 0 spiro atoms. The van der Waals surface area contributed by atoms with Crippen LogP contribution >= 0.6 is 43.5 Å². The van der Waals surface area contributed by atoms with E-state index in [1.165, 1.54) is 24.4 Å². The van der Waals surface area contributed by atoms with Crippen LogP contribution in [0.5, 0.6) is 0 Å². The zero-order valence-electron chi connectivity index (χ0n) is 10.1. The molecular formula is C12H6Br2ClN3O3. The summed E-state index contributed by atoms with van der Waals surface area (Å²) in [6, 6.07) is 5.80. The molecule has 0 fully saturated rings. The molecular weight excluding hydrogens is 429 g/mol. The number of nitrogens with zero attached hydrogens (tertiary/aromatic N) is 2. The van der Waals surface area contributed by atoms with E-state index in [1.54, 1.807) is 6.07 Å². The maximum absolute atomic E-state index is 12.2. The highest BCUT2D eigenvalue weighted by Crippen LogP contribution is 2.29. The maximum Gasteiger partial charge on any atom is 0.284 e. The van der Waals surface area contributed by atoms with E-state index in [-0.39, 0.29) is 20.9 Å². The molecule has 0 saturated carbocycles. The van der Waals surface area contributed by atoms with Gasteiger partial charge in [0.25, 0.3) is 11.6 Å². The monoisotopic (exact) mass is 433 g/mol. The zero-order valence-corrected chi connectivity index (χ0v) is 14.1. The summed E-state index contributed by atoms with van der Waals surface area (Å²) in [5.74, 6) is -0.499. The molecule has 1 amide bonds. The number of pyridine rings is 1. The summed E-state index contributed by atoms with van der Waals surface area (Å²) < 4.78 is 0.647. The second kappa shape index (κ2) is 6.50. The van der Waals surface area contributed by atoms with Gasteiger partial charge in [-0.25, -0.2) is 4.98 Å². The van der Waals surface area contributed by atoms with E-state index in [1.807, 2.05) is 0 Å². The first kappa shape index (κ1) is 15.9. The Morgan fingerprint density at radius 3 is 2.71 bits per heavy atom. The van der Waals surface area contributed by atoms with Crippen molar-refractivity contribution < 1.29 is 9.72 Å². The van der Waals surface area contributed by atoms with Gasteiger partial charge in [-0.05, 0) is 44.0 Å². The van der Waals surface area contributed by atoms with Gasteiger partial charge in [0.05, 0.1) is 26.8 Å². The highest BCUT2D eigenvalue weighted by molar-refractivity contribution is 9.11. The van der Waals surface area contributed by atoms with Crippen molar-refractivity contribution >= 4 is 60.7 Å². The molecule has 108 valence electrons. The van der Waals surface area contributed by atoms with Crippen molar-refractivity contribution in [1.29, 1.82) is 0 Å². The largest absolute Gasteiger partial charge is 0.321 e. The highest BCUT2D eigenvalue weighted by Gasteiger charge is 2.19. The van der Waals surface area contributed by atoms with Gasteiger partial charge in [-0.1, -0.05) is 17.7 Å². The summed E-state index contributed by atoms with van der Waals surface area (Å²) in [7, 11) is 0. The van der Waals surface area contributed by atoms with E-state index in [0.717, 1.165) is 0 Å². The van der Waals surface area contributed by atoms with Crippen LogP contribution in [0.25, 0.3) is 0 Å². The fraction of sp³-hybridized carbons (Fsp3) is 0. The van der Waals surface area contributed by atoms with E-state index in [0.29, 0.717) is 10.2 Å². The number of carbonyl (C=O) groups is 1. The molecule has 1 heterocycles. The predicted octanol–water partition coefficient (Wildman–Crippen LogP) is 4.42. The van der Waals surface area contributed by atoms with Crippen LogP contribution < -0.4 is 5.32 Å². The van der Waals surface area contributed by atoms with Crippen molar-refractivity contribution in [2.45, 2.75) is 0 Å². The third kappa shape index (κ3) is 3.58. The van der Waals surface area contributed by atoms with Gasteiger partial charge in [0.1, 0.15) is 9.63 Å². The lowest BCUT2D eigenvalue weighted by molar-refractivity contribution is -0.385. The molecule has 0 unspecified atom stereocenters. The first-order valence-corrected chi connectivity index (χ1v) is 7.42.